The molecule has 11 rings (SSSR count). The average Bonchev–Trinajstić information content (AvgIpc) is 3.55. The highest BCUT2D eigenvalue weighted by molar-refractivity contribution is 6.17. The van der Waals surface area contributed by atoms with Crippen molar-refractivity contribution in [2.45, 2.75) is 0 Å². The first-order valence-electron chi connectivity index (χ1n) is 19.3. The molecule has 0 saturated carbocycles. The van der Waals surface area contributed by atoms with Gasteiger partial charge in [-0.2, -0.15) is 0 Å². The first kappa shape index (κ1) is 32.0. The summed E-state index contributed by atoms with van der Waals surface area (Å²) < 4.78 is 2.48. The van der Waals surface area contributed by atoms with Crippen LogP contribution in [0.1, 0.15) is 0 Å². The largest absolute Gasteiger partial charge is 0.311 e. The van der Waals surface area contributed by atoms with Crippen molar-refractivity contribution in [3.63, 3.8) is 0 Å². The molecule has 0 radical (unpaired) electrons. The van der Waals surface area contributed by atoms with Gasteiger partial charge in [0.15, 0.2) is 0 Å². The number of benzene rings is 9. The highest BCUT2D eigenvalue weighted by Gasteiger charge is 2.24. The van der Waals surface area contributed by atoms with Gasteiger partial charge in [0.25, 0.3) is 0 Å². The standard InChI is InChI=1S/C54H36N2/c1-3-12-37(13-4-1)39-22-29-43(30-23-39)55(44-31-24-40(25-32-44)38-14-5-2-6-15-38)45-33-26-41(27-34-45)42-28-35-53-51(36-42)50-20-11-19-49-47-17-8-7-16-46(47)48-18-9-10-21-52(48)56(53)54(49)50/h1-36H. The van der Waals surface area contributed by atoms with Crippen molar-refractivity contribution in [3.05, 3.63) is 218 Å². The van der Waals surface area contributed by atoms with Crippen LogP contribution in [0.4, 0.5) is 17.1 Å². The van der Waals surface area contributed by atoms with E-state index in [-0.39, 0.29) is 0 Å². The molecule has 262 valence electrons. The Morgan fingerprint density at radius 1 is 0.286 bits per heavy atom. The van der Waals surface area contributed by atoms with Crippen LogP contribution in [0.2, 0.25) is 0 Å². The molecular formula is C54H36N2. The fraction of sp³-hybridized carbons (Fsp3) is 0. The van der Waals surface area contributed by atoms with E-state index < -0.39 is 0 Å². The third kappa shape index (κ3) is 5.26. The molecule has 1 aromatic heterocycles. The second-order valence-corrected chi connectivity index (χ2v) is 14.5. The van der Waals surface area contributed by atoms with Crippen LogP contribution in [0, 0.1) is 0 Å². The van der Waals surface area contributed by atoms with Crippen LogP contribution in [0.25, 0.3) is 83.1 Å². The molecule has 9 aromatic carbocycles. The summed E-state index contributed by atoms with van der Waals surface area (Å²) in [4.78, 5) is 2.35. The Hall–Kier alpha value is -7.42. The predicted molar refractivity (Wildman–Crippen MR) is 236 cm³/mol. The molecule has 0 bridgehead atoms. The van der Waals surface area contributed by atoms with Crippen molar-refractivity contribution in [2.75, 3.05) is 4.90 Å². The SMILES string of the molecule is c1ccc(-c2ccc(N(c3ccc(-c4ccccc4)cc3)c3ccc(-c4ccc5c(c4)c4cccc6c4n5-c4ccccc4-c4ccccc4-6)cc3)cc2)cc1. The van der Waals surface area contributed by atoms with E-state index in [9.17, 15) is 0 Å². The van der Waals surface area contributed by atoms with Crippen molar-refractivity contribution in [3.8, 4) is 61.3 Å². The number of para-hydroxylation sites is 2. The Balaban J connectivity index is 1.00. The lowest BCUT2D eigenvalue weighted by Gasteiger charge is -2.26. The summed E-state index contributed by atoms with van der Waals surface area (Å²) in [5.41, 5.74) is 19.3. The Kier molecular flexibility index (Phi) is 7.53. The number of anilines is 3. The van der Waals surface area contributed by atoms with Crippen molar-refractivity contribution in [1.82, 2.24) is 4.57 Å². The zero-order valence-electron chi connectivity index (χ0n) is 30.7. The van der Waals surface area contributed by atoms with Gasteiger partial charge in [0, 0.05) is 39.0 Å². The summed E-state index contributed by atoms with van der Waals surface area (Å²) in [6, 6.07) is 79.3. The van der Waals surface area contributed by atoms with Gasteiger partial charge < -0.3 is 9.47 Å². The topological polar surface area (TPSA) is 8.17 Å². The monoisotopic (exact) mass is 712 g/mol. The molecule has 2 heteroatoms. The number of nitrogens with zero attached hydrogens (tertiary/aromatic N) is 2. The summed E-state index contributed by atoms with van der Waals surface area (Å²) in [6.45, 7) is 0. The van der Waals surface area contributed by atoms with Gasteiger partial charge in [-0.3, -0.25) is 0 Å². The van der Waals surface area contributed by atoms with Gasteiger partial charge in [0.05, 0.1) is 16.7 Å². The molecule has 0 unspecified atom stereocenters. The van der Waals surface area contributed by atoms with Crippen molar-refractivity contribution < 1.29 is 0 Å². The maximum absolute atomic E-state index is 2.48. The van der Waals surface area contributed by atoms with Crippen molar-refractivity contribution in [2.24, 2.45) is 0 Å². The maximum Gasteiger partial charge on any atom is 0.0619 e. The second-order valence-electron chi connectivity index (χ2n) is 14.5. The summed E-state index contributed by atoms with van der Waals surface area (Å²) in [7, 11) is 0. The van der Waals surface area contributed by atoms with Gasteiger partial charge in [-0.05, 0) is 99.1 Å². The van der Waals surface area contributed by atoms with Crippen LogP contribution < -0.4 is 4.90 Å². The molecule has 0 spiro atoms. The highest BCUT2D eigenvalue weighted by Crippen LogP contribution is 2.47. The average molecular weight is 713 g/mol. The van der Waals surface area contributed by atoms with Crippen LogP contribution in [0.5, 0.6) is 0 Å². The third-order valence-electron chi connectivity index (χ3n) is 11.4. The van der Waals surface area contributed by atoms with E-state index in [1.807, 2.05) is 0 Å². The molecule has 0 N–H and O–H groups in total. The van der Waals surface area contributed by atoms with Crippen LogP contribution in [-0.2, 0) is 0 Å². The van der Waals surface area contributed by atoms with Gasteiger partial charge in [-0.25, -0.2) is 0 Å². The van der Waals surface area contributed by atoms with E-state index in [2.05, 4.69) is 228 Å². The van der Waals surface area contributed by atoms with Crippen molar-refractivity contribution in [1.29, 1.82) is 0 Å². The number of aromatic nitrogens is 1. The van der Waals surface area contributed by atoms with Gasteiger partial charge >= 0.3 is 0 Å². The second kappa shape index (κ2) is 13.2. The molecule has 0 amide bonds. The number of fused-ring (bicyclic) bond motifs is 8. The van der Waals surface area contributed by atoms with Crippen molar-refractivity contribution >= 4 is 38.9 Å². The van der Waals surface area contributed by atoms with E-state index >= 15 is 0 Å². The van der Waals surface area contributed by atoms with Gasteiger partial charge in [0.1, 0.15) is 0 Å². The summed E-state index contributed by atoms with van der Waals surface area (Å²) >= 11 is 0. The molecule has 0 fully saturated rings. The van der Waals surface area contributed by atoms with E-state index in [0.717, 1.165) is 17.1 Å². The van der Waals surface area contributed by atoms with Gasteiger partial charge in [-0.1, -0.05) is 164 Å². The number of rotatable bonds is 6. The van der Waals surface area contributed by atoms with Crippen LogP contribution in [0.15, 0.2) is 218 Å². The quantitative estimate of drug-likeness (QED) is 0.167. The van der Waals surface area contributed by atoms with E-state index in [1.54, 1.807) is 0 Å². The van der Waals surface area contributed by atoms with E-state index in [1.165, 1.54) is 83.1 Å². The lowest BCUT2D eigenvalue weighted by molar-refractivity contribution is 1.19. The summed E-state index contributed by atoms with van der Waals surface area (Å²) in [6.07, 6.45) is 0. The van der Waals surface area contributed by atoms with E-state index in [0.29, 0.717) is 0 Å². The highest BCUT2D eigenvalue weighted by atomic mass is 15.1. The Bertz CT molecular complexity index is 2950. The smallest absolute Gasteiger partial charge is 0.0619 e. The molecule has 1 aliphatic heterocycles. The molecule has 0 aliphatic carbocycles. The Labute approximate surface area is 326 Å². The molecule has 0 atom stereocenters. The third-order valence-corrected chi connectivity index (χ3v) is 11.4. The zero-order valence-corrected chi connectivity index (χ0v) is 30.7. The summed E-state index contributed by atoms with van der Waals surface area (Å²) in [5.74, 6) is 0. The molecule has 1 aliphatic rings. The maximum atomic E-state index is 2.48. The molecule has 0 saturated heterocycles. The minimum atomic E-state index is 1.11. The lowest BCUT2D eigenvalue weighted by atomic mass is 9.93. The van der Waals surface area contributed by atoms with Gasteiger partial charge in [0.2, 0.25) is 0 Å². The van der Waals surface area contributed by atoms with Crippen LogP contribution in [0.3, 0.4) is 0 Å². The van der Waals surface area contributed by atoms with Crippen LogP contribution in [-0.4, -0.2) is 4.57 Å². The fourth-order valence-electron chi connectivity index (χ4n) is 8.68. The first-order valence-corrected chi connectivity index (χ1v) is 19.3. The Morgan fingerprint density at radius 3 is 1.29 bits per heavy atom. The summed E-state index contributed by atoms with van der Waals surface area (Å²) in [5, 5.41) is 2.53. The normalized spacial score (nSPS) is 11.6. The molecule has 2 heterocycles. The van der Waals surface area contributed by atoms with E-state index in [4.69, 9.17) is 0 Å². The molecule has 56 heavy (non-hydrogen) atoms. The molecular weight excluding hydrogens is 677 g/mol. The first-order chi connectivity index (χ1) is 27.8. The molecule has 2 nitrogen and oxygen atoms in total. The zero-order chi connectivity index (χ0) is 37.0. The lowest BCUT2D eigenvalue weighted by Crippen LogP contribution is -2.09. The molecule has 10 aromatic rings. The minimum Gasteiger partial charge on any atom is -0.311 e. The Morgan fingerprint density at radius 2 is 0.714 bits per heavy atom. The minimum absolute atomic E-state index is 1.11. The predicted octanol–water partition coefficient (Wildman–Crippen LogP) is 14.9. The van der Waals surface area contributed by atoms with Gasteiger partial charge in [-0.15, -0.1) is 0 Å². The number of hydrogen-bond acceptors (Lipinski definition) is 1. The fourth-order valence-corrected chi connectivity index (χ4v) is 8.68. The van der Waals surface area contributed by atoms with Crippen LogP contribution >= 0.6 is 0 Å². The number of hydrogen-bond donors (Lipinski definition) is 0.